The van der Waals surface area contributed by atoms with Gasteiger partial charge in [0.25, 0.3) is 0 Å². The van der Waals surface area contributed by atoms with Crippen LogP contribution in [0.2, 0.25) is 0 Å². The lowest BCUT2D eigenvalue weighted by Crippen LogP contribution is -2.65. The van der Waals surface area contributed by atoms with Gasteiger partial charge >= 0.3 is 0 Å². The number of unbranched alkanes of at least 4 members (excludes halogenated alkanes) is 1. The summed E-state index contributed by atoms with van der Waals surface area (Å²) in [5, 5.41) is 10.9. The number of benzene rings is 1. The second-order valence-corrected chi connectivity index (χ2v) is 6.84. The Bertz CT molecular complexity index is 422. The molecule has 3 aliphatic heterocycles. The zero-order valence-electron chi connectivity index (χ0n) is 12.7. The molecule has 2 nitrogen and oxygen atoms in total. The molecule has 0 aliphatic carbocycles. The maximum atomic E-state index is 10.9. The second-order valence-electron chi connectivity index (χ2n) is 6.84. The molecule has 3 saturated heterocycles. The number of piperidine rings is 3. The minimum atomic E-state index is -0.281. The molecule has 1 aromatic carbocycles. The Morgan fingerprint density at radius 3 is 2.55 bits per heavy atom. The van der Waals surface area contributed by atoms with Crippen molar-refractivity contribution < 1.29 is 9.59 Å². The van der Waals surface area contributed by atoms with Crippen molar-refractivity contribution in [1.82, 2.24) is 0 Å². The molecule has 3 heterocycles. The zero-order valence-corrected chi connectivity index (χ0v) is 12.7. The number of quaternary nitrogens is 1. The topological polar surface area (TPSA) is 20.2 Å². The standard InChI is InChI=1S/C18H28NO/c1-2-3-11-19-12-9-15(10-13-19)14-17(19)18(20)16-7-5-4-6-8-16/h4-8,15,17-18,20H,2-3,9-14H2,1H3/q+1/t15?,17-,18+,19?/m1/s1. The monoisotopic (exact) mass is 274 g/mol. The molecule has 0 radical (unpaired) electrons. The summed E-state index contributed by atoms with van der Waals surface area (Å²) in [6.07, 6.45) is 6.25. The van der Waals surface area contributed by atoms with Crippen molar-refractivity contribution in [3.63, 3.8) is 0 Å². The molecular weight excluding hydrogens is 246 g/mol. The normalized spacial score (nSPS) is 34.1. The summed E-state index contributed by atoms with van der Waals surface area (Å²) in [5.74, 6) is 0.861. The van der Waals surface area contributed by atoms with Crippen LogP contribution in [-0.4, -0.2) is 35.3 Å². The molecule has 2 heteroatoms. The van der Waals surface area contributed by atoms with Gasteiger partial charge in [-0.15, -0.1) is 0 Å². The smallest absolute Gasteiger partial charge is 0.131 e. The van der Waals surface area contributed by atoms with Crippen molar-refractivity contribution in [3.05, 3.63) is 35.9 Å². The van der Waals surface area contributed by atoms with Crippen molar-refractivity contribution in [2.45, 2.75) is 51.2 Å². The van der Waals surface area contributed by atoms with E-state index in [-0.39, 0.29) is 6.10 Å². The van der Waals surface area contributed by atoms with Gasteiger partial charge in [-0.1, -0.05) is 43.7 Å². The van der Waals surface area contributed by atoms with Gasteiger partial charge in [0, 0.05) is 6.42 Å². The molecule has 0 amide bonds. The average molecular weight is 274 g/mol. The summed E-state index contributed by atoms with van der Waals surface area (Å²) in [4.78, 5) is 0. The lowest BCUT2D eigenvalue weighted by Gasteiger charge is -2.56. The summed E-state index contributed by atoms with van der Waals surface area (Å²) < 4.78 is 1.18. The highest BCUT2D eigenvalue weighted by Gasteiger charge is 2.49. The summed E-state index contributed by atoms with van der Waals surface area (Å²) in [5.41, 5.74) is 1.11. The van der Waals surface area contributed by atoms with Gasteiger partial charge in [-0.2, -0.15) is 0 Å². The predicted molar refractivity (Wildman–Crippen MR) is 82.3 cm³/mol. The second kappa shape index (κ2) is 5.87. The Hall–Kier alpha value is -0.860. The number of aliphatic hydroxyl groups is 1. The molecule has 0 saturated carbocycles. The van der Waals surface area contributed by atoms with E-state index in [0.717, 1.165) is 11.5 Å². The van der Waals surface area contributed by atoms with Gasteiger partial charge in [0.2, 0.25) is 0 Å². The average Bonchev–Trinajstić information content (AvgIpc) is 2.54. The molecule has 20 heavy (non-hydrogen) atoms. The van der Waals surface area contributed by atoms with E-state index in [1.54, 1.807) is 0 Å². The van der Waals surface area contributed by atoms with Crippen molar-refractivity contribution in [2.75, 3.05) is 19.6 Å². The van der Waals surface area contributed by atoms with Gasteiger partial charge in [-0.25, -0.2) is 0 Å². The summed E-state index contributed by atoms with van der Waals surface area (Å²) in [6, 6.07) is 10.7. The maximum absolute atomic E-state index is 10.9. The lowest BCUT2D eigenvalue weighted by atomic mass is 9.77. The molecule has 2 atom stereocenters. The molecule has 0 unspecified atom stereocenters. The Balaban J connectivity index is 1.82. The highest BCUT2D eigenvalue weighted by molar-refractivity contribution is 5.18. The van der Waals surface area contributed by atoms with Crippen LogP contribution in [0.4, 0.5) is 0 Å². The first-order chi connectivity index (χ1) is 9.75. The highest BCUT2D eigenvalue weighted by atomic mass is 16.3. The van der Waals surface area contributed by atoms with Gasteiger partial charge in [-0.05, 0) is 30.7 Å². The minimum Gasteiger partial charge on any atom is -0.382 e. The molecule has 3 fully saturated rings. The van der Waals surface area contributed by atoms with Gasteiger partial charge in [0.1, 0.15) is 12.1 Å². The highest BCUT2D eigenvalue weighted by Crippen LogP contribution is 2.43. The molecule has 3 aliphatic rings. The predicted octanol–water partition coefficient (Wildman–Crippen LogP) is 3.52. The van der Waals surface area contributed by atoms with Crippen LogP contribution >= 0.6 is 0 Å². The van der Waals surface area contributed by atoms with E-state index >= 15 is 0 Å². The fourth-order valence-corrected chi connectivity index (χ4v) is 4.43. The number of rotatable bonds is 5. The van der Waals surface area contributed by atoms with E-state index in [4.69, 9.17) is 0 Å². The molecule has 1 aromatic rings. The van der Waals surface area contributed by atoms with Crippen LogP contribution in [0.3, 0.4) is 0 Å². The number of hydrogen-bond donors (Lipinski definition) is 1. The first-order valence-electron chi connectivity index (χ1n) is 8.34. The molecule has 4 rings (SSSR count). The van der Waals surface area contributed by atoms with Crippen LogP contribution in [0, 0.1) is 5.92 Å². The number of hydrogen-bond acceptors (Lipinski definition) is 1. The SMILES string of the molecule is CCCC[N+]12CCC(CC1)C[C@@H]2[C@@H](O)c1ccccc1. The Morgan fingerprint density at radius 1 is 1.20 bits per heavy atom. The van der Waals surface area contributed by atoms with Crippen LogP contribution in [0.5, 0.6) is 0 Å². The minimum absolute atomic E-state index is 0.281. The molecule has 0 aromatic heterocycles. The van der Waals surface area contributed by atoms with Crippen molar-refractivity contribution >= 4 is 0 Å². The largest absolute Gasteiger partial charge is 0.382 e. The lowest BCUT2D eigenvalue weighted by molar-refractivity contribution is -0.970. The van der Waals surface area contributed by atoms with Crippen molar-refractivity contribution in [1.29, 1.82) is 0 Å². The summed E-state index contributed by atoms with van der Waals surface area (Å²) in [6.45, 7) is 6.12. The first-order valence-corrected chi connectivity index (χ1v) is 8.34. The van der Waals surface area contributed by atoms with Gasteiger partial charge in [0.05, 0.1) is 19.6 Å². The van der Waals surface area contributed by atoms with Gasteiger partial charge in [0.15, 0.2) is 0 Å². The van der Waals surface area contributed by atoms with E-state index in [1.807, 2.05) is 18.2 Å². The van der Waals surface area contributed by atoms with E-state index < -0.39 is 0 Å². The molecule has 0 spiro atoms. The van der Waals surface area contributed by atoms with Gasteiger partial charge < -0.3 is 9.59 Å². The fourth-order valence-electron chi connectivity index (χ4n) is 4.43. The molecule has 1 N–H and O–H groups in total. The third kappa shape index (κ3) is 2.51. The van der Waals surface area contributed by atoms with E-state index in [0.29, 0.717) is 6.04 Å². The number of fused-ring (bicyclic) bond motifs is 3. The van der Waals surface area contributed by atoms with Crippen molar-refractivity contribution in [3.8, 4) is 0 Å². The Labute approximate surface area is 123 Å². The van der Waals surface area contributed by atoms with Crippen LogP contribution < -0.4 is 0 Å². The van der Waals surface area contributed by atoms with Gasteiger partial charge in [-0.3, -0.25) is 0 Å². The van der Waals surface area contributed by atoms with Crippen LogP contribution in [0.25, 0.3) is 0 Å². The first kappa shape index (κ1) is 14.1. The molecule has 2 bridgehead atoms. The Morgan fingerprint density at radius 2 is 1.90 bits per heavy atom. The fraction of sp³-hybridized carbons (Fsp3) is 0.667. The quantitative estimate of drug-likeness (QED) is 0.815. The van der Waals surface area contributed by atoms with Crippen molar-refractivity contribution in [2.24, 2.45) is 5.92 Å². The Kier molecular flexibility index (Phi) is 4.13. The van der Waals surface area contributed by atoms with Crippen LogP contribution in [0.15, 0.2) is 30.3 Å². The molecular formula is C18H28NO+. The summed E-state index contributed by atoms with van der Waals surface area (Å²) in [7, 11) is 0. The van der Waals surface area contributed by atoms with E-state index in [9.17, 15) is 5.11 Å². The zero-order chi connectivity index (χ0) is 14.0. The molecule has 110 valence electrons. The van der Waals surface area contributed by atoms with Crippen LogP contribution in [-0.2, 0) is 0 Å². The van der Waals surface area contributed by atoms with Crippen LogP contribution in [0.1, 0.15) is 50.7 Å². The van der Waals surface area contributed by atoms with E-state index in [2.05, 4.69) is 19.1 Å². The number of aliphatic hydroxyl groups excluding tert-OH is 1. The third-order valence-corrected chi connectivity index (χ3v) is 5.71. The van der Waals surface area contributed by atoms with E-state index in [1.165, 1.54) is 56.2 Å². The summed E-state index contributed by atoms with van der Waals surface area (Å²) >= 11 is 0. The third-order valence-electron chi connectivity index (χ3n) is 5.71. The number of nitrogens with zero attached hydrogens (tertiary/aromatic N) is 1. The maximum Gasteiger partial charge on any atom is 0.131 e.